The largest absolute Gasteiger partial charge is 0.0725 e. The minimum absolute atomic E-state index is 0.660. The summed E-state index contributed by atoms with van der Waals surface area (Å²) in [6.07, 6.45) is 0. The lowest BCUT2D eigenvalue weighted by atomic mass is 10.3. The highest BCUT2D eigenvalue weighted by Crippen LogP contribution is 2.41. The third-order valence-corrected chi connectivity index (χ3v) is 5.07. The number of hydrogen-bond acceptors (Lipinski definition) is 0. The minimum Gasteiger partial charge on any atom is -0.0702 e. The quantitative estimate of drug-likeness (QED) is 0.274. The smallest absolute Gasteiger partial charge is 0.0702 e. The Morgan fingerprint density at radius 1 is 0.600 bits per heavy atom. The first-order chi connectivity index (χ1) is 4.46. The average Bonchev–Trinajstić information content (AvgIpc) is 1.59. The number of rotatable bonds is 3. The molecular weight excluding hydrogens is 809 g/mol. The summed E-state index contributed by atoms with van der Waals surface area (Å²) in [7, 11) is 0. The van der Waals surface area contributed by atoms with E-state index in [-0.39, 0.29) is 0 Å². The van der Waals surface area contributed by atoms with Crippen molar-refractivity contribution in [3.8, 4) is 0 Å². The van der Waals surface area contributed by atoms with E-state index in [0.717, 1.165) is 0 Å². The van der Waals surface area contributed by atoms with Crippen LogP contribution in [0.5, 0.6) is 0 Å². The zero-order valence-corrected chi connectivity index (χ0v) is 17.4. The molecule has 0 unspecified atom stereocenters. The van der Waals surface area contributed by atoms with E-state index >= 15 is 0 Å². The molecule has 0 nitrogen and oxygen atoms in total. The van der Waals surface area contributed by atoms with Crippen molar-refractivity contribution in [2.45, 2.75) is 5.79 Å². The Bertz CT molecular complexity index is 70.7. The lowest BCUT2D eigenvalue weighted by molar-refractivity contribution is 1.15. The van der Waals surface area contributed by atoms with Gasteiger partial charge in [-0.25, -0.2) is 0 Å². The van der Waals surface area contributed by atoms with Gasteiger partial charge in [-0.05, 0) is 0 Å². The number of halogens is 6. The molecule has 0 fully saturated rings. The summed E-state index contributed by atoms with van der Waals surface area (Å²) in [5.74, 6) is 1.61. The van der Waals surface area contributed by atoms with Crippen LogP contribution in [-0.2, 0) is 0 Å². The molecule has 0 atom stereocenters. The van der Waals surface area contributed by atoms with Gasteiger partial charge in [0, 0.05) is 5.92 Å². The standard InChI is InChI=1S/C4H3I6/c5-2(6)1(3(7)8)4(9)10/h2-4H. The predicted molar refractivity (Wildman–Crippen MR) is 98.7 cm³/mol. The summed E-state index contributed by atoms with van der Waals surface area (Å²) in [6.45, 7) is 0. The van der Waals surface area contributed by atoms with E-state index in [1.54, 1.807) is 5.92 Å². The monoisotopic (exact) mass is 812 g/mol. The first-order valence-corrected chi connectivity index (χ1v) is 9.65. The maximum absolute atomic E-state index is 2.47. The Hall–Kier alpha value is 4.38. The SMILES string of the molecule is IC(I)[C](C(I)I)C(I)I. The molecule has 0 aromatic rings. The molecule has 0 aromatic carbocycles. The Morgan fingerprint density at radius 2 is 0.800 bits per heavy atom. The molecule has 6 heteroatoms. The molecule has 0 saturated carbocycles. The average molecular weight is 812 g/mol. The zero-order chi connectivity index (χ0) is 8.31. The van der Waals surface area contributed by atoms with Crippen LogP contribution in [-0.4, -0.2) is 5.79 Å². The van der Waals surface area contributed by atoms with Crippen molar-refractivity contribution in [3.05, 3.63) is 5.92 Å². The molecule has 0 heterocycles. The topological polar surface area (TPSA) is 0 Å². The van der Waals surface area contributed by atoms with E-state index in [1.165, 1.54) is 0 Å². The van der Waals surface area contributed by atoms with Crippen LogP contribution < -0.4 is 0 Å². The molecule has 0 aliphatic heterocycles. The van der Waals surface area contributed by atoms with Gasteiger partial charge >= 0.3 is 0 Å². The number of alkyl halides is 6. The second-order valence-electron chi connectivity index (χ2n) is 1.40. The van der Waals surface area contributed by atoms with Gasteiger partial charge in [0.1, 0.15) is 0 Å². The fourth-order valence-electron chi connectivity index (χ4n) is 0.286. The van der Waals surface area contributed by atoms with Crippen molar-refractivity contribution in [2.75, 3.05) is 0 Å². The van der Waals surface area contributed by atoms with Crippen molar-refractivity contribution in [3.63, 3.8) is 0 Å². The molecule has 0 aromatic heterocycles. The van der Waals surface area contributed by atoms with Crippen LogP contribution >= 0.6 is 136 Å². The van der Waals surface area contributed by atoms with E-state index < -0.39 is 0 Å². The summed E-state index contributed by atoms with van der Waals surface area (Å²) >= 11 is 14.8. The first kappa shape index (κ1) is 14.4. The lowest BCUT2D eigenvalue weighted by Crippen LogP contribution is -2.18. The Balaban J connectivity index is 3.98. The zero-order valence-electron chi connectivity index (χ0n) is 4.50. The minimum atomic E-state index is 0.660. The lowest BCUT2D eigenvalue weighted by Gasteiger charge is -2.20. The van der Waals surface area contributed by atoms with Gasteiger partial charge in [0.05, 0.1) is 5.79 Å². The van der Waals surface area contributed by atoms with Crippen LogP contribution in [0.4, 0.5) is 0 Å². The van der Waals surface area contributed by atoms with Gasteiger partial charge in [0.2, 0.25) is 0 Å². The second kappa shape index (κ2) is 7.64. The predicted octanol–water partition coefficient (Wildman–Crippen LogP) is 5.15. The van der Waals surface area contributed by atoms with E-state index in [0.29, 0.717) is 5.79 Å². The van der Waals surface area contributed by atoms with Crippen molar-refractivity contribution < 1.29 is 0 Å². The normalized spacial score (nSPS) is 12.6. The summed E-state index contributed by atoms with van der Waals surface area (Å²) in [5, 5.41) is 0. The van der Waals surface area contributed by atoms with E-state index in [4.69, 9.17) is 0 Å². The van der Waals surface area contributed by atoms with Gasteiger partial charge in [-0.3, -0.25) is 0 Å². The molecule has 0 bridgehead atoms. The summed E-state index contributed by atoms with van der Waals surface area (Å²) in [6, 6.07) is 0. The fraction of sp³-hybridized carbons (Fsp3) is 0.750. The summed E-state index contributed by atoms with van der Waals surface area (Å²) < 4.78 is 1.98. The molecule has 61 valence electrons. The Morgan fingerprint density at radius 3 is 0.800 bits per heavy atom. The van der Waals surface area contributed by atoms with Crippen molar-refractivity contribution in [1.29, 1.82) is 0 Å². The maximum atomic E-state index is 2.47. The molecule has 0 amide bonds. The van der Waals surface area contributed by atoms with Gasteiger partial charge in [-0.1, -0.05) is 136 Å². The molecule has 10 heavy (non-hydrogen) atoms. The van der Waals surface area contributed by atoms with E-state index in [1.807, 2.05) is 0 Å². The Kier molecular flexibility index (Phi) is 11.0. The molecular formula is C4H3I6. The van der Waals surface area contributed by atoms with Crippen LogP contribution in [0, 0.1) is 5.92 Å². The first-order valence-electron chi connectivity index (χ1n) is 2.18. The van der Waals surface area contributed by atoms with Gasteiger partial charge in [0.15, 0.2) is 0 Å². The molecule has 0 rings (SSSR count). The maximum Gasteiger partial charge on any atom is 0.0725 e. The highest BCUT2D eigenvalue weighted by Gasteiger charge is 2.28. The van der Waals surface area contributed by atoms with Crippen LogP contribution in [0.3, 0.4) is 0 Å². The summed E-state index contributed by atoms with van der Waals surface area (Å²) in [5.41, 5.74) is 0. The van der Waals surface area contributed by atoms with Gasteiger partial charge in [-0.2, -0.15) is 0 Å². The third-order valence-electron chi connectivity index (χ3n) is 0.756. The highest BCUT2D eigenvalue weighted by atomic mass is 127. The summed E-state index contributed by atoms with van der Waals surface area (Å²) in [4.78, 5) is 0. The third kappa shape index (κ3) is 5.98. The molecule has 1 radical (unpaired) electrons. The molecule has 0 saturated heterocycles. The fourth-order valence-corrected chi connectivity index (χ4v) is 12.9. The van der Waals surface area contributed by atoms with Crippen LogP contribution in [0.15, 0.2) is 0 Å². The molecule has 0 spiro atoms. The van der Waals surface area contributed by atoms with Gasteiger partial charge in [0.25, 0.3) is 0 Å². The molecule has 0 aliphatic carbocycles. The van der Waals surface area contributed by atoms with Gasteiger partial charge < -0.3 is 0 Å². The van der Waals surface area contributed by atoms with Crippen molar-refractivity contribution in [2.24, 2.45) is 0 Å². The number of hydrogen-bond donors (Lipinski definition) is 0. The molecule has 0 aliphatic rings. The van der Waals surface area contributed by atoms with Gasteiger partial charge in [-0.15, -0.1) is 0 Å². The highest BCUT2D eigenvalue weighted by molar-refractivity contribution is 14.2. The van der Waals surface area contributed by atoms with Crippen molar-refractivity contribution >= 4 is 136 Å². The van der Waals surface area contributed by atoms with Crippen LogP contribution in [0.2, 0.25) is 0 Å². The van der Waals surface area contributed by atoms with Crippen LogP contribution in [0.25, 0.3) is 0 Å². The second-order valence-corrected chi connectivity index (χ2v) is 16.0. The molecule has 0 N–H and O–H groups in total. The van der Waals surface area contributed by atoms with E-state index in [2.05, 4.69) is 136 Å². The Labute approximate surface area is 143 Å². The van der Waals surface area contributed by atoms with E-state index in [9.17, 15) is 0 Å². The van der Waals surface area contributed by atoms with Crippen molar-refractivity contribution in [1.82, 2.24) is 0 Å². The van der Waals surface area contributed by atoms with Crippen LogP contribution in [0.1, 0.15) is 0 Å².